The van der Waals surface area contributed by atoms with Gasteiger partial charge in [-0.1, -0.05) is 20.8 Å². The number of fused-ring (bicyclic) bond motifs is 2. The van der Waals surface area contributed by atoms with E-state index in [9.17, 15) is 19.5 Å². The molecule has 0 bridgehead atoms. The third kappa shape index (κ3) is 8.05. The Hall–Kier alpha value is -1.67. The number of nitrogens with zero attached hydrogens (tertiary/aromatic N) is 2. The number of likely N-dealkylation sites (tertiary alicyclic amines) is 1. The molecule has 7 unspecified atom stereocenters. The third-order valence-corrected chi connectivity index (χ3v) is 12.6. The molecule has 280 valence electrons. The van der Waals surface area contributed by atoms with Crippen LogP contribution in [0.4, 0.5) is 0 Å². The monoisotopic (exact) mass is 693 g/mol. The van der Waals surface area contributed by atoms with Crippen molar-refractivity contribution in [2.24, 2.45) is 35.5 Å². The van der Waals surface area contributed by atoms with Gasteiger partial charge in [0.15, 0.2) is 17.7 Å². The summed E-state index contributed by atoms with van der Waals surface area (Å²) >= 11 is 0. The van der Waals surface area contributed by atoms with Crippen molar-refractivity contribution in [1.29, 1.82) is 0 Å². The van der Waals surface area contributed by atoms with E-state index >= 15 is 0 Å². The van der Waals surface area contributed by atoms with Gasteiger partial charge in [0.1, 0.15) is 18.1 Å². The van der Waals surface area contributed by atoms with Crippen LogP contribution in [0.5, 0.6) is 0 Å². The van der Waals surface area contributed by atoms with Crippen LogP contribution in [0.1, 0.15) is 80.6 Å². The molecular formula is C37H63N3O9. The van der Waals surface area contributed by atoms with Crippen LogP contribution in [0.25, 0.3) is 0 Å². The number of methoxy groups -OCH3 is 1. The first-order chi connectivity index (χ1) is 23.0. The molecule has 0 aromatic heterocycles. The van der Waals surface area contributed by atoms with Gasteiger partial charge in [-0.25, -0.2) is 0 Å². The normalized spacial score (nSPS) is 47.2. The van der Waals surface area contributed by atoms with E-state index in [1.54, 1.807) is 21.0 Å². The van der Waals surface area contributed by atoms with Gasteiger partial charge in [-0.2, -0.15) is 0 Å². The Kier molecular flexibility index (Phi) is 11.9. The lowest BCUT2D eigenvalue weighted by molar-refractivity contribution is -0.298. The number of aliphatic hydroxyl groups is 1. The van der Waals surface area contributed by atoms with Crippen molar-refractivity contribution in [1.82, 2.24) is 15.1 Å². The zero-order valence-corrected chi connectivity index (χ0v) is 31.5. The zero-order valence-electron chi connectivity index (χ0n) is 31.5. The van der Waals surface area contributed by atoms with E-state index in [1.807, 2.05) is 46.7 Å². The second-order valence-corrected chi connectivity index (χ2v) is 16.7. The minimum absolute atomic E-state index is 0.0635. The predicted octanol–water partition coefficient (Wildman–Crippen LogP) is 2.64. The second kappa shape index (κ2) is 15.1. The second-order valence-electron chi connectivity index (χ2n) is 16.7. The third-order valence-electron chi connectivity index (χ3n) is 12.6. The number of esters is 2. The summed E-state index contributed by atoms with van der Waals surface area (Å²) in [4.78, 5) is 45.1. The molecule has 5 rings (SSSR count). The number of carbonyl (C=O) groups is 3. The number of hydrogen-bond acceptors (Lipinski definition) is 12. The summed E-state index contributed by atoms with van der Waals surface area (Å²) in [6.45, 7) is 16.7. The van der Waals surface area contributed by atoms with Crippen molar-refractivity contribution in [2.45, 2.75) is 135 Å². The number of likely N-dealkylation sites (N-methyl/N-ethyl adjacent to an activating group) is 1. The molecule has 0 amide bonds. The maximum atomic E-state index is 14.3. The van der Waals surface area contributed by atoms with E-state index < -0.39 is 53.6 Å². The Labute approximate surface area is 293 Å². The molecular weight excluding hydrogens is 630 g/mol. The number of nitrogens with one attached hydrogen (secondary N) is 1. The van der Waals surface area contributed by atoms with Gasteiger partial charge in [-0.05, 0) is 91.8 Å². The fourth-order valence-electron chi connectivity index (χ4n) is 9.37. The minimum atomic E-state index is -1.12. The number of Topliss-reactive ketones (excluding diaryl/α,β-unsaturated/α-hetero) is 1. The first kappa shape index (κ1) is 38.6. The zero-order chi connectivity index (χ0) is 36.0. The molecule has 4 saturated heterocycles. The summed E-state index contributed by atoms with van der Waals surface area (Å²) in [7, 11) is 5.52. The fraction of sp³-hybridized carbons (Fsp3) is 0.919. The molecule has 49 heavy (non-hydrogen) atoms. The SMILES string of the molecule is CC[C@H]1OC(=O)C(C)C(=O)[C@H](C)[C@@H](OC2OC(CN3CC4CC4C3)CC(N(C)C)C2O)[C@](C)(OC)C[C@@H](C)CN[C@H](C)[C@H]2CC(=O)O[C@@]21C. The van der Waals surface area contributed by atoms with Gasteiger partial charge in [0, 0.05) is 50.7 Å². The highest BCUT2D eigenvalue weighted by Crippen LogP contribution is 2.45. The maximum absolute atomic E-state index is 14.3. The van der Waals surface area contributed by atoms with Crippen molar-refractivity contribution < 1.29 is 43.2 Å². The van der Waals surface area contributed by atoms with Gasteiger partial charge in [-0.3, -0.25) is 14.4 Å². The number of ether oxygens (including phenoxy) is 5. The average Bonchev–Trinajstić information content (AvgIpc) is 3.53. The van der Waals surface area contributed by atoms with Crippen LogP contribution >= 0.6 is 0 Å². The Morgan fingerprint density at radius 3 is 2.35 bits per heavy atom. The summed E-state index contributed by atoms with van der Waals surface area (Å²) in [5, 5.41) is 15.3. The van der Waals surface area contributed by atoms with Crippen LogP contribution in [0.3, 0.4) is 0 Å². The molecule has 1 aliphatic carbocycles. The smallest absolute Gasteiger partial charge is 0.316 e. The molecule has 5 aliphatic rings. The maximum Gasteiger partial charge on any atom is 0.316 e. The van der Waals surface area contributed by atoms with E-state index in [4.69, 9.17) is 23.7 Å². The molecule has 4 heterocycles. The number of hydrogen-bond donors (Lipinski definition) is 2. The fourth-order valence-corrected chi connectivity index (χ4v) is 9.37. The Morgan fingerprint density at radius 2 is 1.73 bits per heavy atom. The van der Waals surface area contributed by atoms with Gasteiger partial charge < -0.3 is 43.9 Å². The average molecular weight is 694 g/mol. The molecule has 0 aromatic rings. The number of aliphatic hydroxyl groups excluding tert-OH is 1. The molecule has 12 nitrogen and oxygen atoms in total. The summed E-state index contributed by atoms with van der Waals surface area (Å²) in [6.07, 6.45) is -0.575. The first-order valence-corrected chi connectivity index (χ1v) is 18.6. The van der Waals surface area contributed by atoms with Gasteiger partial charge >= 0.3 is 11.9 Å². The number of rotatable bonds is 7. The van der Waals surface area contributed by atoms with Crippen LogP contribution in [0, 0.1) is 35.5 Å². The number of ketones is 1. The molecule has 4 aliphatic heterocycles. The van der Waals surface area contributed by atoms with Crippen molar-refractivity contribution >= 4 is 17.7 Å². The lowest BCUT2D eigenvalue weighted by Crippen LogP contribution is -2.60. The molecule has 0 spiro atoms. The summed E-state index contributed by atoms with van der Waals surface area (Å²) in [6, 6.07) is -0.329. The highest BCUT2D eigenvalue weighted by atomic mass is 16.7. The number of piperidine rings is 1. The minimum Gasteiger partial charge on any atom is -0.458 e. The Balaban J connectivity index is 1.44. The molecule has 0 radical (unpaired) electrons. The molecule has 0 aromatic carbocycles. The van der Waals surface area contributed by atoms with E-state index in [0.717, 1.165) is 31.5 Å². The topological polar surface area (TPSA) is 136 Å². The largest absolute Gasteiger partial charge is 0.458 e. The molecule has 2 N–H and O–H groups in total. The van der Waals surface area contributed by atoms with Crippen molar-refractivity contribution in [3.8, 4) is 0 Å². The summed E-state index contributed by atoms with van der Waals surface area (Å²) < 4.78 is 31.6. The lowest BCUT2D eigenvalue weighted by Gasteiger charge is -2.47. The van der Waals surface area contributed by atoms with Gasteiger partial charge in [-0.15, -0.1) is 0 Å². The predicted molar refractivity (Wildman–Crippen MR) is 182 cm³/mol. The van der Waals surface area contributed by atoms with Crippen molar-refractivity contribution in [3.05, 3.63) is 0 Å². The number of carbonyl (C=O) groups excluding carboxylic acids is 3. The van der Waals surface area contributed by atoms with E-state index in [2.05, 4.69) is 17.1 Å². The first-order valence-electron chi connectivity index (χ1n) is 18.6. The molecule has 12 heteroatoms. The summed E-state index contributed by atoms with van der Waals surface area (Å²) in [5.41, 5.74) is -2.03. The van der Waals surface area contributed by atoms with Crippen LogP contribution in [0.15, 0.2) is 0 Å². The van der Waals surface area contributed by atoms with Gasteiger partial charge in [0.05, 0.1) is 24.2 Å². The molecule has 1 saturated carbocycles. The van der Waals surface area contributed by atoms with Gasteiger partial charge in [0.25, 0.3) is 0 Å². The summed E-state index contributed by atoms with van der Waals surface area (Å²) in [5.74, 6) is -1.85. The van der Waals surface area contributed by atoms with Crippen molar-refractivity contribution in [3.63, 3.8) is 0 Å². The van der Waals surface area contributed by atoms with E-state index in [0.29, 0.717) is 25.8 Å². The standard InChI is InChI=1S/C37H63N3O9/c1-11-29-37(7)27(14-30(41)49-37)23(5)38-16-20(2)15-36(6,45-10)33(21(3)31(42)22(4)34(44)47-29)48-35-32(43)28(39(8)9)13-26(46-35)19-40-17-24-12-25(24)18-40/h20-29,32-33,35,38,43H,11-19H2,1-10H3/t20-,21+,22?,23-,24?,25?,26?,27-,28?,29-,32?,33-,35?,36-,37+/m1/s1. The highest BCUT2D eigenvalue weighted by Gasteiger charge is 2.55. The van der Waals surface area contributed by atoms with Crippen LogP contribution in [-0.4, -0.2) is 134 Å². The number of cyclic esters (lactones) is 1. The quantitative estimate of drug-likeness (QED) is 0.300. The van der Waals surface area contributed by atoms with E-state index in [1.165, 1.54) is 6.42 Å². The van der Waals surface area contributed by atoms with Crippen molar-refractivity contribution in [2.75, 3.05) is 47.4 Å². The molecule has 5 fully saturated rings. The Morgan fingerprint density at radius 1 is 1.06 bits per heavy atom. The van der Waals surface area contributed by atoms with Gasteiger partial charge in [0.2, 0.25) is 0 Å². The van der Waals surface area contributed by atoms with Crippen LogP contribution < -0.4 is 5.32 Å². The van der Waals surface area contributed by atoms with Crippen LogP contribution in [0.2, 0.25) is 0 Å². The lowest BCUT2D eigenvalue weighted by atomic mass is 9.78. The van der Waals surface area contributed by atoms with Crippen LogP contribution in [-0.2, 0) is 38.1 Å². The Bertz CT molecular complexity index is 1190. The highest BCUT2D eigenvalue weighted by molar-refractivity contribution is 6.00. The molecule has 15 atom stereocenters. The van der Waals surface area contributed by atoms with E-state index in [-0.39, 0.29) is 48.2 Å².